The zero-order chi connectivity index (χ0) is 22.3. The summed E-state index contributed by atoms with van der Waals surface area (Å²) in [6, 6.07) is 2.83. The van der Waals surface area contributed by atoms with Crippen molar-refractivity contribution in [2.75, 3.05) is 12.4 Å². The Hall–Kier alpha value is -3.76. The van der Waals surface area contributed by atoms with E-state index in [1.54, 1.807) is 31.9 Å². The monoisotopic (exact) mass is 430 g/mol. The Balaban J connectivity index is 1.52. The number of carbonyl (C=O) groups excluding carboxylic acids is 2. The minimum atomic E-state index is -1.04. The van der Waals surface area contributed by atoms with Crippen LogP contribution in [0.1, 0.15) is 34.1 Å². The van der Waals surface area contributed by atoms with Gasteiger partial charge in [0.15, 0.2) is 11.6 Å². The van der Waals surface area contributed by atoms with E-state index in [0.29, 0.717) is 18.5 Å². The quantitative estimate of drug-likeness (QED) is 0.687. The van der Waals surface area contributed by atoms with Crippen LogP contribution in [0.25, 0.3) is 0 Å². The highest BCUT2D eigenvalue weighted by molar-refractivity contribution is 6.04. The number of amides is 2. The summed E-state index contributed by atoms with van der Waals surface area (Å²) in [5, 5.41) is 6.52. The molecule has 9 nitrogen and oxygen atoms in total. The first kappa shape index (κ1) is 20.5. The molecule has 11 heteroatoms. The third-order valence-corrected chi connectivity index (χ3v) is 5.25. The van der Waals surface area contributed by atoms with Crippen LogP contribution in [0.2, 0.25) is 0 Å². The number of aromatic nitrogens is 4. The topological polar surface area (TPSA) is 94.3 Å². The molecule has 2 heterocycles. The number of fused-ring (bicyclic) bond motifs is 1. The summed E-state index contributed by atoms with van der Waals surface area (Å²) in [4.78, 5) is 30.7. The Morgan fingerprint density at radius 2 is 2.03 bits per heavy atom. The molecule has 31 heavy (non-hydrogen) atoms. The van der Waals surface area contributed by atoms with Crippen molar-refractivity contribution in [1.29, 1.82) is 0 Å². The summed E-state index contributed by atoms with van der Waals surface area (Å²) < 4.78 is 34.9. The maximum Gasteiger partial charge on any atom is 0.417 e. The lowest BCUT2D eigenvalue weighted by molar-refractivity contribution is 0.101. The molecule has 1 atom stereocenters. The minimum Gasteiger partial charge on any atom is -0.373 e. The highest BCUT2D eigenvalue weighted by Crippen LogP contribution is 2.38. The molecule has 1 N–H and O–H groups in total. The molecular formula is C20H20F2N6O3. The van der Waals surface area contributed by atoms with E-state index >= 15 is 0 Å². The molecule has 0 radical (unpaired) electrons. The first-order valence-electron chi connectivity index (χ1n) is 9.49. The van der Waals surface area contributed by atoms with E-state index < -0.39 is 23.6 Å². The van der Waals surface area contributed by atoms with Crippen molar-refractivity contribution in [1.82, 2.24) is 24.2 Å². The Morgan fingerprint density at radius 1 is 1.26 bits per heavy atom. The zero-order valence-corrected chi connectivity index (χ0v) is 17.1. The minimum absolute atomic E-state index is 0.0442. The predicted molar refractivity (Wildman–Crippen MR) is 106 cm³/mol. The van der Waals surface area contributed by atoms with Gasteiger partial charge in [0, 0.05) is 39.1 Å². The van der Waals surface area contributed by atoms with Gasteiger partial charge in [-0.2, -0.15) is 4.98 Å². The fraction of sp³-hybridized carbons (Fsp3) is 0.300. The number of hydrogen-bond acceptors (Lipinski definition) is 5. The van der Waals surface area contributed by atoms with E-state index in [1.807, 2.05) is 0 Å². The molecule has 1 aromatic carbocycles. The number of anilines is 1. The summed E-state index contributed by atoms with van der Waals surface area (Å²) in [7, 11) is 4.99. The molecule has 0 saturated carbocycles. The van der Waals surface area contributed by atoms with Crippen LogP contribution in [0, 0.1) is 11.6 Å². The largest absolute Gasteiger partial charge is 0.417 e. The lowest BCUT2D eigenvalue weighted by Gasteiger charge is -2.23. The van der Waals surface area contributed by atoms with Crippen LogP contribution in [0.15, 0.2) is 30.7 Å². The lowest BCUT2D eigenvalue weighted by atomic mass is 10.1. The maximum atomic E-state index is 13.5. The normalized spacial score (nSPS) is 14.9. The van der Waals surface area contributed by atoms with Crippen LogP contribution in [-0.2, 0) is 20.5 Å². The summed E-state index contributed by atoms with van der Waals surface area (Å²) >= 11 is 0. The predicted octanol–water partition coefficient (Wildman–Crippen LogP) is 2.80. The molecule has 0 spiro atoms. The van der Waals surface area contributed by atoms with E-state index in [2.05, 4.69) is 15.4 Å². The van der Waals surface area contributed by atoms with Crippen molar-refractivity contribution in [3.05, 3.63) is 59.2 Å². The average molecular weight is 430 g/mol. The number of aryl methyl sites for hydroxylation is 2. The van der Waals surface area contributed by atoms with Crippen LogP contribution >= 0.6 is 0 Å². The lowest BCUT2D eigenvalue weighted by Crippen LogP contribution is -2.32. The molecule has 2 amide bonds. The highest BCUT2D eigenvalue weighted by Gasteiger charge is 2.35. The Kier molecular flexibility index (Phi) is 5.17. The van der Waals surface area contributed by atoms with Crippen LogP contribution in [0.5, 0.6) is 6.01 Å². The molecule has 0 bridgehead atoms. The van der Waals surface area contributed by atoms with Gasteiger partial charge in [0.2, 0.25) is 0 Å². The van der Waals surface area contributed by atoms with Gasteiger partial charge in [-0.3, -0.25) is 9.48 Å². The molecule has 2 aromatic heterocycles. The summed E-state index contributed by atoms with van der Waals surface area (Å²) in [5.41, 5.74) is 2.17. The van der Waals surface area contributed by atoms with Crippen molar-refractivity contribution in [2.24, 2.45) is 14.1 Å². The summed E-state index contributed by atoms with van der Waals surface area (Å²) in [6.45, 7) is 0. The van der Waals surface area contributed by atoms with Gasteiger partial charge >= 0.3 is 12.1 Å². The second kappa shape index (κ2) is 7.82. The number of rotatable bonds is 4. The molecule has 1 aliphatic rings. The van der Waals surface area contributed by atoms with E-state index in [1.165, 1.54) is 22.0 Å². The van der Waals surface area contributed by atoms with Crippen LogP contribution in [-0.4, -0.2) is 43.3 Å². The Labute approximate surface area is 176 Å². The van der Waals surface area contributed by atoms with Crippen molar-refractivity contribution >= 4 is 17.7 Å². The smallest absolute Gasteiger partial charge is 0.373 e. The first-order chi connectivity index (χ1) is 14.7. The van der Waals surface area contributed by atoms with Crippen LogP contribution in [0.3, 0.4) is 0 Å². The van der Waals surface area contributed by atoms with Crippen molar-refractivity contribution < 1.29 is 23.1 Å². The molecule has 162 valence electrons. The van der Waals surface area contributed by atoms with E-state index in [-0.39, 0.29) is 17.7 Å². The van der Waals surface area contributed by atoms with Gasteiger partial charge in [-0.25, -0.2) is 13.6 Å². The van der Waals surface area contributed by atoms with Gasteiger partial charge in [0.25, 0.3) is 5.91 Å². The molecule has 0 aliphatic heterocycles. The summed E-state index contributed by atoms with van der Waals surface area (Å²) in [5.74, 6) is -2.48. The molecule has 0 saturated heterocycles. The SMILES string of the molecule is CN(C(=O)Oc1ncn(C)n1)C1CCc2c1cn(C)c2C(=O)Nc1ccc(F)c(F)c1. The van der Waals surface area contributed by atoms with Gasteiger partial charge in [0.05, 0.1) is 6.04 Å². The fourth-order valence-electron chi connectivity index (χ4n) is 3.79. The van der Waals surface area contributed by atoms with Crippen molar-refractivity contribution in [3.8, 4) is 6.01 Å². The number of benzene rings is 1. The van der Waals surface area contributed by atoms with E-state index in [0.717, 1.165) is 23.3 Å². The van der Waals surface area contributed by atoms with Crippen molar-refractivity contribution in [3.63, 3.8) is 0 Å². The average Bonchev–Trinajstić information content (AvgIpc) is 3.38. The number of nitrogens with zero attached hydrogens (tertiary/aromatic N) is 5. The molecule has 1 aliphatic carbocycles. The number of nitrogens with one attached hydrogen (secondary N) is 1. The van der Waals surface area contributed by atoms with Gasteiger partial charge in [-0.15, -0.1) is 5.10 Å². The number of carbonyl (C=O) groups is 2. The van der Waals surface area contributed by atoms with E-state index in [4.69, 9.17) is 4.74 Å². The standard InChI is InChI=1S/C20H20F2N6O3/c1-26-9-13-12(17(26)18(29)24-11-4-6-14(21)15(22)8-11)5-7-16(13)28(3)20(30)31-19-23-10-27(2)25-19/h4,6,8-10,16H,5,7H2,1-3H3,(H,24,29). The zero-order valence-electron chi connectivity index (χ0n) is 17.1. The van der Waals surface area contributed by atoms with Gasteiger partial charge < -0.3 is 19.5 Å². The summed E-state index contributed by atoms with van der Waals surface area (Å²) in [6.07, 6.45) is 3.78. The first-order valence-corrected chi connectivity index (χ1v) is 9.49. The van der Waals surface area contributed by atoms with Crippen LogP contribution < -0.4 is 10.1 Å². The number of ether oxygens (including phenoxy) is 1. The second-order valence-corrected chi connectivity index (χ2v) is 7.34. The van der Waals surface area contributed by atoms with Crippen LogP contribution in [0.4, 0.5) is 19.3 Å². The molecule has 4 rings (SSSR count). The maximum absolute atomic E-state index is 13.5. The Bertz CT molecular complexity index is 1170. The highest BCUT2D eigenvalue weighted by atomic mass is 19.2. The molecule has 3 aromatic rings. The molecule has 0 fully saturated rings. The number of halogens is 2. The third kappa shape index (κ3) is 3.86. The number of hydrogen-bond donors (Lipinski definition) is 1. The third-order valence-electron chi connectivity index (χ3n) is 5.25. The van der Waals surface area contributed by atoms with Gasteiger partial charge in [-0.05, 0) is 36.1 Å². The van der Waals surface area contributed by atoms with E-state index in [9.17, 15) is 18.4 Å². The molecule has 1 unspecified atom stereocenters. The van der Waals surface area contributed by atoms with Crippen molar-refractivity contribution in [2.45, 2.75) is 18.9 Å². The fourth-order valence-corrected chi connectivity index (χ4v) is 3.79. The Morgan fingerprint density at radius 3 is 2.71 bits per heavy atom. The van der Waals surface area contributed by atoms with Gasteiger partial charge in [-0.1, -0.05) is 0 Å². The second-order valence-electron chi connectivity index (χ2n) is 7.34. The van der Waals surface area contributed by atoms with Gasteiger partial charge in [0.1, 0.15) is 12.0 Å². The molecular weight excluding hydrogens is 410 g/mol.